The van der Waals surface area contributed by atoms with Crippen LogP contribution in [0.3, 0.4) is 0 Å². The first-order valence-corrected chi connectivity index (χ1v) is 13.3. The van der Waals surface area contributed by atoms with Crippen LogP contribution in [0.25, 0.3) is 0 Å². The molecule has 0 aliphatic carbocycles. The van der Waals surface area contributed by atoms with Crippen LogP contribution in [0.4, 0.5) is 15.8 Å². The van der Waals surface area contributed by atoms with Crippen molar-refractivity contribution in [1.82, 2.24) is 9.80 Å². The van der Waals surface area contributed by atoms with Gasteiger partial charge in [0, 0.05) is 77.7 Å². The summed E-state index contributed by atoms with van der Waals surface area (Å²) in [5.41, 5.74) is 3.74. The van der Waals surface area contributed by atoms with Crippen molar-refractivity contribution in [1.29, 1.82) is 0 Å². The van der Waals surface area contributed by atoms with Gasteiger partial charge in [-0.3, -0.25) is 14.5 Å². The van der Waals surface area contributed by atoms with Gasteiger partial charge in [0.25, 0.3) is 5.91 Å². The minimum atomic E-state index is -0.265. The average molecular weight is 533 g/mol. The Balaban J connectivity index is 1.56. The Morgan fingerprint density at radius 2 is 1.69 bits per heavy atom. The third kappa shape index (κ3) is 7.80. The second-order valence-electron chi connectivity index (χ2n) is 10.1. The van der Waals surface area contributed by atoms with Gasteiger partial charge in [-0.2, -0.15) is 0 Å². The first kappa shape index (κ1) is 28.1. The van der Waals surface area contributed by atoms with Crippen molar-refractivity contribution in [2.45, 2.75) is 26.4 Å². The Labute approximate surface area is 230 Å². The average Bonchev–Trinajstić information content (AvgIpc) is 2.96. The zero-order chi connectivity index (χ0) is 27.8. The fourth-order valence-corrected chi connectivity index (χ4v) is 4.77. The van der Waals surface area contributed by atoms with Gasteiger partial charge in [-0.1, -0.05) is 36.4 Å². The summed E-state index contributed by atoms with van der Waals surface area (Å²) in [5, 5.41) is 0. The van der Waals surface area contributed by atoms with E-state index in [4.69, 9.17) is 4.74 Å². The fourth-order valence-electron chi connectivity index (χ4n) is 4.77. The van der Waals surface area contributed by atoms with Crippen LogP contribution < -0.4 is 14.5 Å². The van der Waals surface area contributed by atoms with E-state index in [9.17, 15) is 14.0 Å². The molecule has 1 aliphatic rings. The minimum Gasteiger partial charge on any atom is -0.484 e. The van der Waals surface area contributed by atoms with Crippen LogP contribution in [0.1, 0.15) is 24.5 Å². The first-order valence-electron chi connectivity index (χ1n) is 13.3. The summed E-state index contributed by atoms with van der Waals surface area (Å²) in [5.74, 6) is 0.205. The smallest absolute Gasteiger partial charge is 0.260 e. The van der Waals surface area contributed by atoms with E-state index in [1.807, 2.05) is 67.5 Å². The van der Waals surface area contributed by atoms with Gasteiger partial charge in [-0.25, -0.2) is 4.39 Å². The number of carbonyl (C=O) groups excluding carboxylic acids is 2. The number of para-hydroxylation sites is 1. The molecule has 2 amide bonds. The molecule has 0 aromatic heterocycles. The molecule has 3 aromatic carbocycles. The van der Waals surface area contributed by atoms with Gasteiger partial charge >= 0.3 is 0 Å². The molecule has 0 spiro atoms. The van der Waals surface area contributed by atoms with Crippen molar-refractivity contribution in [3.63, 3.8) is 0 Å². The molecule has 4 rings (SSSR count). The van der Waals surface area contributed by atoms with E-state index in [0.29, 0.717) is 38.5 Å². The van der Waals surface area contributed by atoms with Crippen molar-refractivity contribution < 1.29 is 18.7 Å². The molecule has 0 atom stereocenters. The lowest BCUT2D eigenvalue weighted by molar-refractivity contribution is -0.134. The molecule has 3 aromatic rings. The Morgan fingerprint density at radius 1 is 0.923 bits per heavy atom. The van der Waals surface area contributed by atoms with Crippen LogP contribution in [0.2, 0.25) is 0 Å². The van der Waals surface area contributed by atoms with Crippen molar-refractivity contribution >= 4 is 23.2 Å². The Bertz CT molecular complexity index is 1260. The number of ether oxygens (including phenoxy) is 1. The van der Waals surface area contributed by atoms with Gasteiger partial charge in [0.05, 0.1) is 0 Å². The van der Waals surface area contributed by atoms with E-state index in [1.54, 1.807) is 28.9 Å². The SMILES string of the molecule is CC(=O)N1CCCN(Cc2ccc(F)cc2)CCN(C(=O)COc2cccc(N(C)C)c2)Cc2ccccc21. The molecule has 0 saturated heterocycles. The molecule has 0 bridgehead atoms. The maximum atomic E-state index is 13.5. The third-order valence-corrected chi connectivity index (χ3v) is 6.93. The zero-order valence-corrected chi connectivity index (χ0v) is 23.0. The summed E-state index contributed by atoms with van der Waals surface area (Å²) in [4.78, 5) is 34.0. The van der Waals surface area contributed by atoms with Crippen molar-refractivity contribution in [3.8, 4) is 5.75 Å². The van der Waals surface area contributed by atoms with Crippen LogP contribution in [0.5, 0.6) is 5.75 Å². The minimum absolute atomic E-state index is 0.0336. The first-order chi connectivity index (χ1) is 18.8. The van der Waals surface area contributed by atoms with E-state index in [1.165, 1.54) is 12.1 Å². The number of rotatable bonds is 6. The number of nitrogens with zero attached hydrogens (tertiary/aromatic N) is 4. The number of anilines is 2. The number of hydrogen-bond donors (Lipinski definition) is 0. The maximum Gasteiger partial charge on any atom is 0.260 e. The number of halogens is 1. The number of benzene rings is 3. The number of amides is 2. The quantitative estimate of drug-likeness (QED) is 0.466. The zero-order valence-electron chi connectivity index (χ0n) is 23.0. The Hall–Kier alpha value is -3.91. The highest BCUT2D eigenvalue weighted by Gasteiger charge is 2.22. The predicted molar refractivity (Wildman–Crippen MR) is 152 cm³/mol. The highest BCUT2D eigenvalue weighted by atomic mass is 19.1. The third-order valence-electron chi connectivity index (χ3n) is 6.93. The Kier molecular flexibility index (Phi) is 9.54. The summed E-state index contributed by atoms with van der Waals surface area (Å²) in [6.07, 6.45) is 0.772. The lowest BCUT2D eigenvalue weighted by atomic mass is 10.1. The highest BCUT2D eigenvalue weighted by Crippen LogP contribution is 2.24. The molecule has 0 radical (unpaired) electrons. The highest BCUT2D eigenvalue weighted by molar-refractivity contribution is 5.92. The molecule has 0 N–H and O–H groups in total. The van der Waals surface area contributed by atoms with E-state index in [2.05, 4.69) is 4.90 Å². The van der Waals surface area contributed by atoms with Gasteiger partial charge in [-0.05, 0) is 47.9 Å². The molecule has 206 valence electrons. The molecule has 1 aliphatic heterocycles. The fraction of sp³-hybridized carbons (Fsp3) is 0.355. The topological polar surface area (TPSA) is 56.3 Å². The van der Waals surface area contributed by atoms with E-state index >= 15 is 0 Å². The van der Waals surface area contributed by atoms with Gasteiger partial charge in [0.1, 0.15) is 11.6 Å². The molecule has 1 heterocycles. The van der Waals surface area contributed by atoms with Crippen LogP contribution in [-0.2, 0) is 22.7 Å². The van der Waals surface area contributed by atoms with E-state index < -0.39 is 0 Å². The standard InChI is InChI=1S/C31H37FN4O3/c1-24(37)36-17-7-16-34(21-25-12-14-27(32)15-13-25)18-19-35(22-26-8-4-5-11-30(26)36)31(38)23-39-29-10-6-9-28(20-29)33(2)3/h4-6,8-15,20H,7,16-19,21-23H2,1-3H3. The number of hydrogen-bond acceptors (Lipinski definition) is 5. The van der Waals surface area contributed by atoms with Gasteiger partial charge in [0.2, 0.25) is 5.91 Å². The van der Waals surface area contributed by atoms with Gasteiger partial charge < -0.3 is 19.4 Å². The summed E-state index contributed by atoms with van der Waals surface area (Å²) < 4.78 is 19.4. The molecular weight excluding hydrogens is 495 g/mol. The number of carbonyl (C=O) groups is 2. The van der Waals surface area contributed by atoms with Crippen LogP contribution in [-0.4, -0.2) is 68.5 Å². The lowest BCUT2D eigenvalue weighted by Gasteiger charge is -2.28. The van der Waals surface area contributed by atoms with Crippen LogP contribution in [0, 0.1) is 5.82 Å². The summed E-state index contributed by atoms with van der Waals surface area (Å²) >= 11 is 0. The molecule has 39 heavy (non-hydrogen) atoms. The van der Waals surface area contributed by atoms with Gasteiger partial charge in [-0.15, -0.1) is 0 Å². The summed E-state index contributed by atoms with van der Waals surface area (Å²) in [6.45, 7) is 4.92. The monoisotopic (exact) mass is 532 g/mol. The van der Waals surface area contributed by atoms with Crippen molar-refractivity contribution in [2.24, 2.45) is 0 Å². The van der Waals surface area contributed by atoms with E-state index in [-0.39, 0.29) is 24.2 Å². The Morgan fingerprint density at radius 3 is 2.44 bits per heavy atom. The maximum absolute atomic E-state index is 13.5. The van der Waals surface area contributed by atoms with Crippen molar-refractivity contribution in [2.75, 3.05) is 56.7 Å². The van der Waals surface area contributed by atoms with Crippen LogP contribution in [0.15, 0.2) is 72.8 Å². The predicted octanol–water partition coefficient (Wildman–Crippen LogP) is 4.56. The normalized spacial score (nSPS) is 14.8. The largest absolute Gasteiger partial charge is 0.484 e. The van der Waals surface area contributed by atoms with E-state index in [0.717, 1.165) is 35.5 Å². The molecule has 0 saturated carbocycles. The summed E-state index contributed by atoms with van der Waals surface area (Å²) in [6, 6.07) is 21.9. The second kappa shape index (κ2) is 13.2. The molecule has 0 fully saturated rings. The molecule has 0 unspecified atom stereocenters. The summed E-state index contributed by atoms with van der Waals surface area (Å²) in [7, 11) is 3.91. The second-order valence-corrected chi connectivity index (χ2v) is 10.1. The lowest BCUT2D eigenvalue weighted by Crippen LogP contribution is -2.40. The molecule has 8 heteroatoms. The van der Waals surface area contributed by atoms with Crippen molar-refractivity contribution in [3.05, 3.63) is 89.7 Å². The number of fused-ring (bicyclic) bond motifs is 1. The van der Waals surface area contributed by atoms with Gasteiger partial charge in [0.15, 0.2) is 6.61 Å². The molecular formula is C31H37FN4O3. The van der Waals surface area contributed by atoms with Crippen LogP contribution >= 0.6 is 0 Å². The molecule has 7 nitrogen and oxygen atoms in total.